The van der Waals surface area contributed by atoms with E-state index < -0.39 is 5.97 Å². The molecule has 23 heavy (non-hydrogen) atoms. The Labute approximate surface area is 134 Å². The number of fused-ring (bicyclic) bond motifs is 1. The van der Waals surface area contributed by atoms with E-state index in [1.54, 1.807) is 0 Å². The summed E-state index contributed by atoms with van der Waals surface area (Å²) in [5.74, 6) is 1.70. The van der Waals surface area contributed by atoms with Crippen LogP contribution in [-0.2, 0) is 17.8 Å². The number of aliphatic carboxylic acids is 1. The summed E-state index contributed by atoms with van der Waals surface area (Å²) >= 11 is 0. The number of nitrogens with zero attached hydrogens (tertiary/aromatic N) is 3. The van der Waals surface area contributed by atoms with Crippen LogP contribution in [0.2, 0.25) is 0 Å². The van der Waals surface area contributed by atoms with Crippen molar-refractivity contribution in [3.8, 4) is 5.75 Å². The van der Waals surface area contributed by atoms with E-state index in [0.717, 1.165) is 30.0 Å². The molecular weight excluding hydrogens is 294 g/mol. The van der Waals surface area contributed by atoms with Gasteiger partial charge >= 0.3 is 5.97 Å². The summed E-state index contributed by atoms with van der Waals surface area (Å²) in [4.78, 5) is 15.8. The highest BCUT2D eigenvalue weighted by Crippen LogP contribution is 2.37. The Balaban J connectivity index is 1.65. The van der Waals surface area contributed by atoms with Gasteiger partial charge in [-0.05, 0) is 24.5 Å². The van der Waals surface area contributed by atoms with E-state index in [1.165, 1.54) is 17.5 Å². The van der Waals surface area contributed by atoms with E-state index in [0.29, 0.717) is 18.2 Å². The molecule has 0 radical (unpaired) electrons. The first-order chi connectivity index (χ1) is 11.2. The third-order valence-electron chi connectivity index (χ3n) is 4.66. The molecule has 6 nitrogen and oxygen atoms in total. The van der Waals surface area contributed by atoms with Crippen molar-refractivity contribution in [3.63, 3.8) is 0 Å². The van der Waals surface area contributed by atoms with Crippen molar-refractivity contribution >= 4 is 5.97 Å². The predicted molar refractivity (Wildman–Crippen MR) is 82.4 cm³/mol. The summed E-state index contributed by atoms with van der Waals surface area (Å²) < 4.78 is 7.48. The second-order valence-electron chi connectivity index (χ2n) is 6.28. The molecule has 0 unspecified atom stereocenters. The van der Waals surface area contributed by atoms with Gasteiger partial charge in [0, 0.05) is 12.3 Å². The van der Waals surface area contributed by atoms with Gasteiger partial charge in [-0.1, -0.05) is 31.0 Å². The number of aromatic nitrogens is 3. The number of para-hydroxylation sites is 1. The van der Waals surface area contributed by atoms with Gasteiger partial charge in [-0.15, -0.1) is 0 Å². The second kappa shape index (κ2) is 5.68. The molecule has 0 bridgehead atoms. The monoisotopic (exact) mass is 313 g/mol. The molecule has 1 aliphatic carbocycles. The first-order valence-electron chi connectivity index (χ1n) is 8.11. The van der Waals surface area contributed by atoms with Gasteiger partial charge in [0.1, 0.15) is 12.3 Å². The number of benzene rings is 1. The molecule has 1 aromatic heterocycles. The van der Waals surface area contributed by atoms with Gasteiger partial charge in [0.25, 0.3) is 0 Å². The number of carboxylic acid groups (broad SMARTS) is 1. The van der Waals surface area contributed by atoms with E-state index >= 15 is 0 Å². The Morgan fingerprint density at radius 1 is 1.30 bits per heavy atom. The molecule has 0 amide bonds. The van der Waals surface area contributed by atoms with Crippen LogP contribution in [0.15, 0.2) is 24.3 Å². The van der Waals surface area contributed by atoms with Gasteiger partial charge in [0.05, 0.1) is 0 Å². The standard InChI is InChI=1S/C17H19N3O3/c21-15(22)10-20-17(18-16(19-20)11-5-1-2-6-11)14-9-12-7-3-4-8-13(12)23-14/h3-4,7-8,11,14H,1-2,5-6,9-10H2,(H,21,22)/t14-/m0/s1. The first kappa shape index (κ1) is 14.2. The smallest absolute Gasteiger partial charge is 0.325 e. The summed E-state index contributed by atoms with van der Waals surface area (Å²) in [5, 5.41) is 13.6. The molecule has 0 spiro atoms. The molecule has 1 atom stereocenters. The Morgan fingerprint density at radius 2 is 2.09 bits per heavy atom. The average Bonchev–Trinajstić information content (AvgIpc) is 3.25. The molecule has 1 aliphatic heterocycles. The fourth-order valence-electron chi connectivity index (χ4n) is 3.54. The van der Waals surface area contributed by atoms with Crippen molar-refractivity contribution in [2.24, 2.45) is 0 Å². The lowest BCUT2D eigenvalue weighted by atomic mass is 10.1. The van der Waals surface area contributed by atoms with Gasteiger partial charge in [-0.3, -0.25) is 4.79 Å². The molecule has 2 aliphatic rings. The SMILES string of the molecule is O=C(O)Cn1nc(C2CCCC2)nc1[C@@H]1Cc2ccccc2O1. The van der Waals surface area contributed by atoms with Crippen molar-refractivity contribution in [2.45, 2.75) is 50.7 Å². The van der Waals surface area contributed by atoms with Crippen LogP contribution in [0.1, 0.15) is 54.9 Å². The van der Waals surface area contributed by atoms with E-state index in [4.69, 9.17) is 9.84 Å². The van der Waals surface area contributed by atoms with E-state index in [-0.39, 0.29) is 12.6 Å². The van der Waals surface area contributed by atoms with Crippen molar-refractivity contribution in [1.29, 1.82) is 0 Å². The molecule has 1 fully saturated rings. The average molecular weight is 313 g/mol. The third-order valence-corrected chi connectivity index (χ3v) is 4.66. The molecule has 2 aromatic rings. The molecular formula is C17H19N3O3. The number of hydrogen-bond donors (Lipinski definition) is 1. The lowest BCUT2D eigenvalue weighted by Crippen LogP contribution is -2.17. The van der Waals surface area contributed by atoms with Gasteiger partial charge in [0.2, 0.25) is 0 Å². The van der Waals surface area contributed by atoms with Crippen LogP contribution in [0.3, 0.4) is 0 Å². The molecule has 120 valence electrons. The van der Waals surface area contributed by atoms with Crippen LogP contribution < -0.4 is 4.74 Å². The van der Waals surface area contributed by atoms with E-state index in [1.807, 2.05) is 24.3 Å². The quantitative estimate of drug-likeness (QED) is 0.939. The van der Waals surface area contributed by atoms with Crippen LogP contribution in [0.25, 0.3) is 0 Å². The van der Waals surface area contributed by atoms with Gasteiger partial charge in [-0.2, -0.15) is 5.10 Å². The topological polar surface area (TPSA) is 77.2 Å². The van der Waals surface area contributed by atoms with Crippen molar-refractivity contribution in [2.75, 3.05) is 0 Å². The van der Waals surface area contributed by atoms with Crippen LogP contribution in [-0.4, -0.2) is 25.8 Å². The van der Waals surface area contributed by atoms with Crippen molar-refractivity contribution in [1.82, 2.24) is 14.8 Å². The second-order valence-corrected chi connectivity index (χ2v) is 6.28. The van der Waals surface area contributed by atoms with Crippen LogP contribution in [0, 0.1) is 0 Å². The zero-order valence-corrected chi connectivity index (χ0v) is 12.8. The van der Waals surface area contributed by atoms with Gasteiger partial charge in [-0.25, -0.2) is 9.67 Å². The molecule has 6 heteroatoms. The number of hydrogen-bond acceptors (Lipinski definition) is 4. The number of rotatable bonds is 4. The number of ether oxygens (including phenoxy) is 1. The molecule has 1 saturated carbocycles. The van der Waals surface area contributed by atoms with Gasteiger partial charge < -0.3 is 9.84 Å². The number of carboxylic acids is 1. The summed E-state index contributed by atoms with van der Waals surface area (Å²) in [6, 6.07) is 7.89. The third kappa shape index (κ3) is 2.69. The maximum atomic E-state index is 11.2. The molecule has 2 heterocycles. The zero-order valence-electron chi connectivity index (χ0n) is 12.8. The summed E-state index contributed by atoms with van der Waals surface area (Å²) in [7, 11) is 0. The summed E-state index contributed by atoms with van der Waals surface area (Å²) in [5.41, 5.74) is 1.13. The summed E-state index contributed by atoms with van der Waals surface area (Å²) in [6.07, 6.45) is 5.01. The number of carbonyl (C=O) groups is 1. The molecule has 1 N–H and O–H groups in total. The molecule has 1 aromatic carbocycles. The molecule has 4 rings (SSSR count). The fraction of sp³-hybridized carbons (Fsp3) is 0.471. The zero-order chi connectivity index (χ0) is 15.8. The molecule has 0 saturated heterocycles. The highest BCUT2D eigenvalue weighted by molar-refractivity contribution is 5.66. The first-order valence-corrected chi connectivity index (χ1v) is 8.11. The Bertz CT molecular complexity index is 709. The maximum absolute atomic E-state index is 11.2. The van der Waals surface area contributed by atoms with Gasteiger partial charge in [0.15, 0.2) is 17.8 Å². The van der Waals surface area contributed by atoms with Crippen LogP contribution >= 0.6 is 0 Å². The summed E-state index contributed by atoms with van der Waals surface area (Å²) in [6.45, 7) is -0.175. The largest absolute Gasteiger partial charge is 0.482 e. The van der Waals surface area contributed by atoms with E-state index in [2.05, 4.69) is 10.1 Å². The lowest BCUT2D eigenvalue weighted by molar-refractivity contribution is -0.138. The predicted octanol–water partition coefficient (Wildman–Crippen LogP) is 2.70. The normalized spacial score (nSPS) is 20.4. The maximum Gasteiger partial charge on any atom is 0.325 e. The Kier molecular flexibility index (Phi) is 3.52. The van der Waals surface area contributed by atoms with Crippen LogP contribution in [0.4, 0.5) is 0 Å². The highest BCUT2D eigenvalue weighted by Gasteiger charge is 2.31. The Hall–Kier alpha value is -2.37. The van der Waals surface area contributed by atoms with E-state index in [9.17, 15) is 4.79 Å². The fourth-order valence-corrected chi connectivity index (χ4v) is 3.54. The Morgan fingerprint density at radius 3 is 2.83 bits per heavy atom. The van der Waals surface area contributed by atoms with Crippen LogP contribution in [0.5, 0.6) is 5.75 Å². The highest BCUT2D eigenvalue weighted by atomic mass is 16.5. The van der Waals surface area contributed by atoms with Crippen molar-refractivity contribution in [3.05, 3.63) is 41.5 Å². The van der Waals surface area contributed by atoms with Crippen molar-refractivity contribution < 1.29 is 14.6 Å². The minimum Gasteiger partial charge on any atom is -0.482 e. The minimum atomic E-state index is -0.912. The lowest BCUT2D eigenvalue weighted by Gasteiger charge is -2.10. The minimum absolute atomic E-state index is 0.175.